The summed E-state index contributed by atoms with van der Waals surface area (Å²) < 4.78 is 211. The van der Waals surface area contributed by atoms with Gasteiger partial charge in [0, 0.05) is 5.41 Å². The van der Waals surface area contributed by atoms with Gasteiger partial charge in [-0.3, -0.25) is 0 Å². The summed E-state index contributed by atoms with van der Waals surface area (Å²) in [5.41, 5.74) is -3.64. The van der Waals surface area contributed by atoms with E-state index in [9.17, 15) is 17.8 Å². The van der Waals surface area contributed by atoms with Crippen LogP contribution in [-0.4, -0.2) is 0 Å². The highest BCUT2D eigenvalue weighted by atomic mass is 14.4. The summed E-state index contributed by atoms with van der Waals surface area (Å²) in [6, 6.07) is -16.3. The van der Waals surface area contributed by atoms with E-state index in [1.807, 2.05) is 0 Å². The van der Waals surface area contributed by atoms with E-state index in [0.717, 1.165) is 0 Å². The second-order valence-corrected chi connectivity index (χ2v) is 11.9. The summed E-state index contributed by atoms with van der Waals surface area (Å²) in [7, 11) is 0. The van der Waals surface area contributed by atoms with Crippen LogP contribution in [0.15, 0.2) is 139 Å². The molecule has 0 bridgehead atoms. The predicted molar refractivity (Wildman–Crippen MR) is 198 cm³/mol. The molecule has 0 unspecified atom stereocenters. The lowest BCUT2D eigenvalue weighted by Gasteiger charge is -2.36. The van der Waals surface area contributed by atoms with Crippen molar-refractivity contribution in [3.05, 3.63) is 156 Å². The van der Waals surface area contributed by atoms with Crippen molar-refractivity contribution >= 4 is 53.9 Å². The maximum Gasteiger partial charge on any atom is 0.0636 e. The third-order valence-corrected chi connectivity index (χ3v) is 9.00. The Kier molecular flexibility index (Phi) is 2.37. The molecule has 0 amide bonds. The molecule has 0 heterocycles. The molecule has 0 radical (unpaired) electrons. The molecule has 0 saturated carbocycles. The van der Waals surface area contributed by atoms with Crippen molar-refractivity contribution in [1.29, 1.82) is 0 Å². The molecular weight excluding hydrogens is 553 g/mol. The zero-order valence-corrected chi connectivity index (χ0v) is 24.5. The molecule has 0 fully saturated rings. The standard InChI is InChI=1S/C46H32/c1-27-16-17-30-10-5-15-38-40-26-32(22-25-41(40)46(2,3)45(27)44(30)38)33-11-6-13-35-34(33)12-7-14-36(35)37-23-20-31-19-18-28-8-4-9-29-21-24-39(37)43(31)42(28)29/h4-26H,1-3H3/i4D,5D,6D,7D,8D,9D,10D,11D,12D,13D,14D,15D,16D,17D,18D,19D,20D,21D,22D,23D,24D,25D,26D. The molecule has 1 aliphatic rings. The van der Waals surface area contributed by atoms with Gasteiger partial charge in [-0.1, -0.05) is 147 Å². The van der Waals surface area contributed by atoms with E-state index < -0.39 is 182 Å². The first-order chi connectivity index (χ1) is 32.1. The lowest BCUT2D eigenvalue weighted by atomic mass is 9.67. The smallest absolute Gasteiger partial charge is 0.0610 e. The van der Waals surface area contributed by atoms with Crippen molar-refractivity contribution in [3.8, 4) is 33.4 Å². The third kappa shape index (κ3) is 3.34. The first-order valence-electron chi connectivity index (χ1n) is 26.0. The largest absolute Gasteiger partial charge is 0.0636 e. The molecule has 10 rings (SSSR count). The molecule has 0 spiro atoms. The Bertz CT molecular complexity index is 3990. The Hall–Kier alpha value is -5.46. The van der Waals surface area contributed by atoms with E-state index in [4.69, 9.17) is 13.7 Å². The van der Waals surface area contributed by atoms with E-state index in [-0.39, 0.29) is 60.6 Å². The monoisotopic (exact) mass is 607 g/mol. The average Bonchev–Trinajstić information content (AvgIpc) is 3.29. The zero-order chi connectivity index (χ0) is 50.7. The summed E-state index contributed by atoms with van der Waals surface area (Å²) in [5, 5.41) is -3.36. The van der Waals surface area contributed by atoms with Crippen molar-refractivity contribution < 1.29 is 31.5 Å². The van der Waals surface area contributed by atoms with Crippen molar-refractivity contribution in [3.63, 3.8) is 0 Å². The van der Waals surface area contributed by atoms with Gasteiger partial charge < -0.3 is 0 Å². The van der Waals surface area contributed by atoms with E-state index in [1.165, 1.54) is 0 Å². The molecule has 0 atom stereocenters. The van der Waals surface area contributed by atoms with Crippen LogP contribution in [0.2, 0.25) is 0 Å². The molecule has 46 heavy (non-hydrogen) atoms. The highest BCUT2D eigenvalue weighted by Crippen LogP contribution is 2.51. The Morgan fingerprint density at radius 1 is 0.435 bits per heavy atom. The van der Waals surface area contributed by atoms with Crippen molar-refractivity contribution in [2.24, 2.45) is 0 Å². The fourth-order valence-corrected chi connectivity index (χ4v) is 7.00. The van der Waals surface area contributed by atoms with Crippen molar-refractivity contribution in [2.75, 3.05) is 0 Å². The molecule has 0 aliphatic heterocycles. The molecule has 0 nitrogen and oxygen atoms in total. The quantitative estimate of drug-likeness (QED) is 0.172. The molecule has 0 heteroatoms. The van der Waals surface area contributed by atoms with Crippen LogP contribution in [0.25, 0.3) is 87.2 Å². The first kappa shape index (κ1) is 12.0. The van der Waals surface area contributed by atoms with E-state index in [1.54, 1.807) is 20.8 Å². The summed E-state index contributed by atoms with van der Waals surface area (Å²) in [5.74, 6) is 0. The maximum atomic E-state index is 9.97. The Morgan fingerprint density at radius 2 is 1.00 bits per heavy atom. The van der Waals surface area contributed by atoms with Gasteiger partial charge in [0.1, 0.15) is 0 Å². The Labute approximate surface area is 301 Å². The number of benzene rings is 9. The summed E-state index contributed by atoms with van der Waals surface area (Å²) >= 11 is 0. The van der Waals surface area contributed by atoms with Gasteiger partial charge in [-0.15, -0.1) is 0 Å². The minimum atomic E-state index is -1.38. The Morgan fingerprint density at radius 3 is 1.80 bits per heavy atom. The van der Waals surface area contributed by atoms with Gasteiger partial charge in [-0.2, -0.15) is 0 Å². The van der Waals surface area contributed by atoms with E-state index in [2.05, 4.69) is 0 Å². The van der Waals surface area contributed by atoms with Crippen LogP contribution < -0.4 is 0 Å². The van der Waals surface area contributed by atoms with Crippen LogP contribution in [0.3, 0.4) is 0 Å². The van der Waals surface area contributed by atoms with Gasteiger partial charge in [-0.05, 0) is 117 Å². The molecule has 0 N–H and O–H groups in total. The molecule has 0 saturated heterocycles. The third-order valence-electron chi connectivity index (χ3n) is 9.00. The van der Waals surface area contributed by atoms with Crippen LogP contribution >= 0.6 is 0 Å². The van der Waals surface area contributed by atoms with Crippen molar-refractivity contribution in [2.45, 2.75) is 26.2 Å². The fourth-order valence-electron chi connectivity index (χ4n) is 7.00. The molecular formula is C46H32. The van der Waals surface area contributed by atoms with E-state index >= 15 is 0 Å². The first-order valence-corrected chi connectivity index (χ1v) is 14.5. The SMILES string of the molecule is [2H]c1c([2H])c2c(c([2H])c1-c1c([2H])c([2H])c([2H])c3c(-c4c([2H])c([2H])c5c([2H])c([2H])c6c([2H])c([2H])c([2H])c7c([2H])c([2H])c4c5c67)c([2H])c([2H])c([2H])c13)-c1c([2H])c([2H])c([2H])c3c([2H])c([2H])c(C)c(c13)C2(C)C. The number of fused-ring (bicyclic) bond motifs is 3. The second-order valence-electron chi connectivity index (χ2n) is 11.9. The van der Waals surface area contributed by atoms with Crippen LogP contribution in [0, 0.1) is 6.92 Å². The van der Waals surface area contributed by atoms with Gasteiger partial charge in [0.15, 0.2) is 0 Å². The van der Waals surface area contributed by atoms with Crippen LogP contribution in [0.4, 0.5) is 0 Å². The maximum absolute atomic E-state index is 9.97. The van der Waals surface area contributed by atoms with Crippen LogP contribution in [-0.2, 0) is 5.41 Å². The average molecular weight is 608 g/mol. The fraction of sp³-hybridized carbons (Fsp3) is 0.0870. The zero-order valence-electron chi connectivity index (χ0n) is 47.5. The topological polar surface area (TPSA) is 0 Å². The highest BCUT2D eigenvalue weighted by Gasteiger charge is 2.34. The molecule has 216 valence electrons. The predicted octanol–water partition coefficient (Wildman–Crippen LogP) is 12.8. The highest BCUT2D eigenvalue weighted by molar-refractivity contribution is 6.26. The molecule has 9 aromatic carbocycles. The van der Waals surface area contributed by atoms with Crippen molar-refractivity contribution in [1.82, 2.24) is 0 Å². The van der Waals surface area contributed by atoms with Gasteiger partial charge in [0.2, 0.25) is 0 Å². The van der Waals surface area contributed by atoms with Crippen LogP contribution in [0.5, 0.6) is 0 Å². The number of hydrogen-bond acceptors (Lipinski definition) is 0. The summed E-state index contributed by atoms with van der Waals surface area (Å²) in [6.07, 6.45) is 0. The number of hydrogen-bond donors (Lipinski definition) is 0. The normalized spacial score (nSPS) is 20.7. The molecule has 1 aliphatic carbocycles. The minimum absolute atomic E-state index is 0.0141. The van der Waals surface area contributed by atoms with Gasteiger partial charge >= 0.3 is 0 Å². The summed E-state index contributed by atoms with van der Waals surface area (Å²) in [4.78, 5) is 0. The lowest BCUT2D eigenvalue weighted by molar-refractivity contribution is 0.640. The van der Waals surface area contributed by atoms with Crippen LogP contribution in [0.1, 0.15) is 62.1 Å². The summed E-state index contributed by atoms with van der Waals surface area (Å²) in [6.45, 7) is 4.85. The second kappa shape index (κ2) is 9.05. The van der Waals surface area contributed by atoms with Gasteiger partial charge in [-0.25, -0.2) is 0 Å². The molecule has 9 aromatic rings. The Balaban J connectivity index is 1.45. The van der Waals surface area contributed by atoms with Gasteiger partial charge in [0.25, 0.3) is 0 Å². The van der Waals surface area contributed by atoms with Gasteiger partial charge in [0.05, 0.1) is 31.5 Å². The number of rotatable bonds is 2. The minimum Gasteiger partial charge on any atom is -0.0610 e. The molecule has 0 aromatic heterocycles. The lowest BCUT2D eigenvalue weighted by Crippen LogP contribution is -2.25. The van der Waals surface area contributed by atoms with E-state index in [0.29, 0.717) is 5.56 Å².